The highest BCUT2D eigenvalue weighted by Crippen LogP contribution is 2.70. The second-order valence-corrected chi connectivity index (χ2v) is 11.8. The summed E-state index contributed by atoms with van der Waals surface area (Å²) in [5, 5.41) is 23.0. The van der Waals surface area contributed by atoms with Crippen molar-refractivity contribution in [3.63, 3.8) is 0 Å². The molecule has 0 amide bonds. The molecule has 4 fully saturated rings. The van der Waals surface area contributed by atoms with Crippen molar-refractivity contribution in [2.24, 2.45) is 28.6 Å². The Balaban J connectivity index is 1.71. The van der Waals surface area contributed by atoms with E-state index >= 15 is 0 Å². The molecule has 1 unspecified atom stereocenters. The van der Waals surface area contributed by atoms with E-state index in [2.05, 4.69) is 0 Å². The van der Waals surface area contributed by atoms with Gasteiger partial charge in [-0.2, -0.15) is 0 Å². The summed E-state index contributed by atoms with van der Waals surface area (Å²) in [6.07, 6.45) is 2.25. The molecule has 4 saturated carbocycles. The summed E-state index contributed by atoms with van der Waals surface area (Å²) in [7, 11) is 0. The summed E-state index contributed by atoms with van der Waals surface area (Å²) < 4.78 is 16.3. The van der Waals surface area contributed by atoms with E-state index in [0.717, 1.165) is 0 Å². The van der Waals surface area contributed by atoms with Crippen LogP contribution >= 0.6 is 0 Å². The third-order valence-corrected chi connectivity index (χ3v) is 10.2. The van der Waals surface area contributed by atoms with Gasteiger partial charge in [0.2, 0.25) is 0 Å². The maximum Gasteiger partial charge on any atom is 0.314 e. The highest BCUT2D eigenvalue weighted by molar-refractivity contribution is 5.85. The number of carboxylic acid groups (broad SMARTS) is 1. The van der Waals surface area contributed by atoms with E-state index in [0.29, 0.717) is 38.5 Å². The van der Waals surface area contributed by atoms with Crippen LogP contribution in [-0.2, 0) is 38.2 Å². The Hall–Kier alpha value is -2.49. The van der Waals surface area contributed by atoms with Crippen LogP contribution < -0.4 is 0 Å². The van der Waals surface area contributed by atoms with Gasteiger partial charge in [-0.3, -0.25) is 24.0 Å². The Kier molecular flexibility index (Phi) is 6.97. The number of ether oxygens (including phenoxy) is 3. The molecule has 4 aliphatic rings. The molecule has 10 heteroatoms. The largest absolute Gasteiger partial charge is 0.481 e. The van der Waals surface area contributed by atoms with Gasteiger partial charge in [-0.1, -0.05) is 6.92 Å². The fourth-order valence-electron chi connectivity index (χ4n) is 8.84. The Bertz CT molecular complexity index is 1010. The summed E-state index contributed by atoms with van der Waals surface area (Å²) in [5.41, 5.74) is -4.89. The number of fused-ring (bicyclic) bond motifs is 5. The van der Waals surface area contributed by atoms with Crippen molar-refractivity contribution < 1.29 is 48.4 Å². The van der Waals surface area contributed by atoms with Crippen LogP contribution in [-0.4, -0.2) is 63.8 Å². The zero-order chi connectivity index (χ0) is 27.4. The second-order valence-electron chi connectivity index (χ2n) is 11.8. The van der Waals surface area contributed by atoms with Crippen LogP contribution in [0.3, 0.4) is 0 Å². The monoisotopic (exact) mass is 522 g/mol. The van der Waals surface area contributed by atoms with Crippen LogP contribution in [0.4, 0.5) is 0 Å². The predicted molar refractivity (Wildman–Crippen MR) is 127 cm³/mol. The summed E-state index contributed by atoms with van der Waals surface area (Å²) in [4.78, 5) is 61.4. The van der Waals surface area contributed by atoms with Gasteiger partial charge in [-0.15, -0.1) is 0 Å². The first-order valence-corrected chi connectivity index (χ1v) is 13.2. The minimum Gasteiger partial charge on any atom is -0.481 e. The van der Waals surface area contributed by atoms with Gasteiger partial charge in [-0.25, -0.2) is 0 Å². The minimum absolute atomic E-state index is 0.0981. The van der Waals surface area contributed by atoms with E-state index in [-0.39, 0.29) is 31.7 Å². The average Bonchev–Trinajstić information content (AvgIpc) is 3.07. The van der Waals surface area contributed by atoms with Crippen LogP contribution in [0.25, 0.3) is 0 Å². The Labute approximate surface area is 216 Å². The molecule has 0 aromatic heterocycles. The molecule has 8 atom stereocenters. The topological polar surface area (TPSA) is 154 Å². The van der Waals surface area contributed by atoms with Crippen molar-refractivity contribution in [1.82, 2.24) is 0 Å². The quantitative estimate of drug-likeness (QED) is 0.393. The predicted octanol–water partition coefficient (Wildman–Crippen LogP) is 2.57. The molecular weight excluding hydrogens is 484 g/mol. The molecule has 0 spiro atoms. The number of Topliss-reactive ketones (excluding diaryl/α,β-unsaturated/α-hetero) is 1. The Morgan fingerprint density at radius 1 is 0.838 bits per heavy atom. The fraction of sp³-hybridized carbons (Fsp3) is 0.815. The number of hydrogen-bond acceptors (Lipinski definition) is 9. The van der Waals surface area contributed by atoms with E-state index in [1.807, 2.05) is 6.92 Å². The maximum atomic E-state index is 13.2. The number of aliphatic hydroxyl groups is 1. The van der Waals surface area contributed by atoms with Crippen LogP contribution in [0.2, 0.25) is 0 Å². The van der Waals surface area contributed by atoms with Crippen LogP contribution in [0, 0.1) is 28.6 Å². The number of carboxylic acids is 1. The van der Waals surface area contributed by atoms with Gasteiger partial charge < -0.3 is 24.4 Å². The van der Waals surface area contributed by atoms with E-state index in [4.69, 9.17) is 14.2 Å². The summed E-state index contributed by atoms with van der Waals surface area (Å²) in [6, 6.07) is 0. The van der Waals surface area contributed by atoms with Gasteiger partial charge in [0.05, 0.1) is 5.60 Å². The number of aliphatic carboxylic acids is 1. The number of hydrogen-bond donors (Lipinski definition) is 2. The standard InChI is InChI=1S/C27H38O10/c1-15(28)35-14-22(31)21-8-12-27(34)20-7-10-25(37-17(3)30)13-18(36-16(2)29)5-11-26(25,23(32)33)19(20)6-9-24(21,27)4/h18-21,34H,5-14H2,1-4H3,(H,32,33)/t18-,19?,20+,21+,24+,25-,26+,27-/m0/s1. The second kappa shape index (κ2) is 9.36. The van der Waals surface area contributed by atoms with Crippen molar-refractivity contribution >= 4 is 29.7 Å². The number of rotatable bonds is 6. The molecule has 0 aromatic rings. The lowest BCUT2D eigenvalue weighted by Crippen LogP contribution is -2.71. The smallest absolute Gasteiger partial charge is 0.314 e. The van der Waals surface area contributed by atoms with Crippen molar-refractivity contribution in [2.45, 2.75) is 103 Å². The normalized spacial score (nSPS) is 42.4. The highest BCUT2D eigenvalue weighted by atomic mass is 16.6. The van der Waals surface area contributed by atoms with Gasteiger partial charge in [-0.05, 0) is 63.2 Å². The SMILES string of the molecule is CC(=O)OCC(=O)[C@H]1CC[C@]2(O)[C@@H]3CC[C@]4(OC(C)=O)C[C@@H](OC(C)=O)CC[C@]4(C(=O)O)C3CC[C@]12C. The lowest BCUT2D eigenvalue weighted by Gasteiger charge is -2.65. The summed E-state index contributed by atoms with van der Waals surface area (Å²) >= 11 is 0. The van der Waals surface area contributed by atoms with Crippen molar-refractivity contribution in [3.8, 4) is 0 Å². The number of carbonyl (C=O) groups is 5. The first-order valence-electron chi connectivity index (χ1n) is 13.2. The van der Waals surface area contributed by atoms with Gasteiger partial charge in [0.15, 0.2) is 5.78 Å². The van der Waals surface area contributed by atoms with Gasteiger partial charge in [0.25, 0.3) is 0 Å². The molecule has 0 aliphatic heterocycles. The first-order chi connectivity index (χ1) is 17.2. The highest BCUT2D eigenvalue weighted by Gasteiger charge is 2.75. The summed E-state index contributed by atoms with van der Waals surface area (Å²) in [6.45, 7) is 5.34. The molecular formula is C27H38O10. The van der Waals surface area contributed by atoms with E-state index < -0.39 is 69.8 Å². The lowest BCUT2D eigenvalue weighted by atomic mass is 9.41. The number of carbonyl (C=O) groups excluding carboxylic acids is 4. The summed E-state index contributed by atoms with van der Waals surface area (Å²) in [5.74, 6) is -4.32. The Morgan fingerprint density at radius 2 is 1.51 bits per heavy atom. The molecule has 2 N–H and O–H groups in total. The molecule has 0 heterocycles. The van der Waals surface area contributed by atoms with Gasteiger partial charge in [0, 0.05) is 38.5 Å². The molecule has 206 valence electrons. The number of ketones is 1. The average molecular weight is 523 g/mol. The molecule has 0 bridgehead atoms. The van der Waals surface area contributed by atoms with Crippen LogP contribution in [0.5, 0.6) is 0 Å². The van der Waals surface area contributed by atoms with Gasteiger partial charge >= 0.3 is 23.9 Å². The van der Waals surface area contributed by atoms with Crippen LogP contribution in [0.1, 0.15) is 85.5 Å². The third-order valence-electron chi connectivity index (χ3n) is 10.2. The van der Waals surface area contributed by atoms with E-state index in [1.165, 1.54) is 20.8 Å². The molecule has 37 heavy (non-hydrogen) atoms. The molecule has 4 aliphatic carbocycles. The van der Waals surface area contributed by atoms with Crippen molar-refractivity contribution in [3.05, 3.63) is 0 Å². The fourth-order valence-corrected chi connectivity index (χ4v) is 8.84. The Morgan fingerprint density at radius 3 is 2.11 bits per heavy atom. The van der Waals surface area contributed by atoms with Crippen molar-refractivity contribution in [1.29, 1.82) is 0 Å². The van der Waals surface area contributed by atoms with E-state index in [9.17, 15) is 34.2 Å². The molecule has 0 radical (unpaired) electrons. The zero-order valence-electron chi connectivity index (χ0n) is 22.0. The van der Waals surface area contributed by atoms with E-state index in [1.54, 1.807) is 0 Å². The molecule has 10 nitrogen and oxygen atoms in total. The van der Waals surface area contributed by atoms with Gasteiger partial charge in [0.1, 0.15) is 23.7 Å². The first kappa shape index (κ1) is 27.5. The molecule has 0 saturated heterocycles. The minimum atomic E-state index is -1.45. The molecule has 4 rings (SSSR count). The molecule has 0 aromatic carbocycles. The van der Waals surface area contributed by atoms with Crippen LogP contribution in [0.15, 0.2) is 0 Å². The lowest BCUT2D eigenvalue weighted by molar-refractivity contribution is -0.267. The zero-order valence-corrected chi connectivity index (χ0v) is 22.0. The van der Waals surface area contributed by atoms with Crippen molar-refractivity contribution in [2.75, 3.05) is 6.61 Å². The number of esters is 3. The third kappa shape index (κ3) is 4.06. The maximum absolute atomic E-state index is 13.2.